The van der Waals surface area contributed by atoms with Crippen molar-refractivity contribution in [3.63, 3.8) is 0 Å². The zero-order chi connectivity index (χ0) is 21.8. The molecule has 4 heterocycles. The van der Waals surface area contributed by atoms with Gasteiger partial charge in [-0.25, -0.2) is 9.97 Å². The number of hydrogen-bond acceptors (Lipinski definition) is 8. The number of amides is 1. The van der Waals surface area contributed by atoms with E-state index in [9.17, 15) is 4.79 Å². The van der Waals surface area contributed by atoms with Crippen molar-refractivity contribution in [3.8, 4) is 0 Å². The molecule has 0 bridgehead atoms. The van der Waals surface area contributed by atoms with Crippen LogP contribution >= 0.6 is 11.3 Å². The van der Waals surface area contributed by atoms with E-state index in [1.54, 1.807) is 6.20 Å². The largest absolute Gasteiger partial charge is 0.395 e. The highest BCUT2D eigenvalue weighted by atomic mass is 32.1. The Balaban J connectivity index is 1.62. The number of fused-ring (bicyclic) bond motifs is 1. The van der Waals surface area contributed by atoms with Gasteiger partial charge in [0.25, 0.3) is 5.91 Å². The number of rotatable bonds is 7. The number of carbonyl (C=O) groups excluding carboxylic acids is 1. The van der Waals surface area contributed by atoms with Gasteiger partial charge in [0.2, 0.25) is 0 Å². The summed E-state index contributed by atoms with van der Waals surface area (Å²) in [6, 6.07) is 7.94. The summed E-state index contributed by atoms with van der Waals surface area (Å²) in [5, 5.41) is 12.8. The molecule has 1 amide bonds. The first kappa shape index (κ1) is 21.6. The number of aliphatic hydroxyl groups excluding tert-OH is 1. The van der Waals surface area contributed by atoms with Gasteiger partial charge in [-0.15, -0.1) is 11.3 Å². The number of thiophene rings is 1. The number of carbonyl (C=O) groups is 1. The average Bonchev–Trinajstić information content (AvgIpc) is 3.17. The fraction of sp³-hybridized carbons (Fsp3) is 0.409. The second kappa shape index (κ2) is 9.69. The summed E-state index contributed by atoms with van der Waals surface area (Å²) in [6.45, 7) is 2.93. The van der Waals surface area contributed by atoms with Gasteiger partial charge in [0.15, 0.2) is 0 Å². The first-order valence-corrected chi connectivity index (χ1v) is 11.1. The summed E-state index contributed by atoms with van der Waals surface area (Å²) >= 11 is 1.37. The smallest absolute Gasteiger partial charge is 0.261 e. The van der Waals surface area contributed by atoms with E-state index in [0.29, 0.717) is 18.0 Å². The van der Waals surface area contributed by atoms with Crippen molar-refractivity contribution in [1.82, 2.24) is 20.2 Å². The Morgan fingerprint density at radius 3 is 2.94 bits per heavy atom. The van der Waals surface area contributed by atoms with Crippen LogP contribution in [-0.2, 0) is 11.3 Å². The number of aliphatic hydroxyl groups is 1. The maximum Gasteiger partial charge on any atom is 0.261 e. The summed E-state index contributed by atoms with van der Waals surface area (Å²) in [4.78, 5) is 27.5. The molecule has 1 fully saturated rings. The highest BCUT2D eigenvalue weighted by molar-refractivity contribution is 7.20. The molecule has 0 saturated carbocycles. The third-order valence-electron chi connectivity index (χ3n) is 5.27. The van der Waals surface area contributed by atoms with Gasteiger partial charge >= 0.3 is 0 Å². The average molecular weight is 442 g/mol. The fourth-order valence-electron chi connectivity index (χ4n) is 3.91. The standard InChI is InChI=1S/C22H27N5O3S/c1-26(2)20-15(5-3-7-23-20)13-27-10-12-30-17(14-27)18-16-6-4-8-25-22(16)31-19(18)21(29)24-9-11-28/h3-8,17,28H,9-14H2,1-2H3,(H,24,29)/t17-/m0/s1. The van der Waals surface area contributed by atoms with Crippen LogP contribution in [0.25, 0.3) is 10.2 Å². The lowest BCUT2D eigenvalue weighted by Gasteiger charge is -2.34. The van der Waals surface area contributed by atoms with Crippen molar-refractivity contribution in [3.05, 3.63) is 52.7 Å². The molecule has 1 aliphatic rings. The lowest BCUT2D eigenvalue weighted by atomic mass is 10.0. The van der Waals surface area contributed by atoms with Crippen molar-refractivity contribution >= 4 is 33.3 Å². The molecule has 164 valence electrons. The van der Waals surface area contributed by atoms with E-state index in [2.05, 4.69) is 26.3 Å². The quantitative estimate of drug-likeness (QED) is 0.580. The molecule has 9 heteroatoms. The zero-order valence-electron chi connectivity index (χ0n) is 17.7. The molecule has 0 unspecified atom stereocenters. The number of ether oxygens (including phenoxy) is 1. The van der Waals surface area contributed by atoms with Gasteiger partial charge < -0.3 is 20.1 Å². The van der Waals surface area contributed by atoms with Crippen LogP contribution in [0.1, 0.15) is 26.9 Å². The van der Waals surface area contributed by atoms with Gasteiger partial charge in [-0.3, -0.25) is 9.69 Å². The zero-order valence-corrected chi connectivity index (χ0v) is 18.6. The van der Waals surface area contributed by atoms with Crippen molar-refractivity contribution < 1.29 is 14.6 Å². The Morgan fingerprint density at radius 2 is 2.13 bits per heavy atom. The Morgan fingerprint density at radius 1 is 1.32 bits per heavy atom. The highest BCUT2D eigenvalue weighted by Crippen LogP contribution is 2.37. The summed E-state index contributed by atoms with van der Waals surface area (Å²) in [5.74, 6) is 0.759. The van der Waals surface area contributed by atoms with Gasteiger partial charge in [-0.1, -0.05) is 12.1 Å². The second-order valence-corrected chi connectivity index (χ2v) is 8.65. The molecule has 2 N–H and O–H groups in total. The van der Waals surface area contributed by atoms with E-state index >= 15 is 0 Å². The van der Waals surface area contributed by atoms with Crippen LogP contribution in [0, 0.1) is 0 Å². The topological polar surface area (TPSA) is 90.8 Å². The maximum absolute atomic E-state index is 12.8. The van der Waals surface area contributed by atoms with Gasteiger partial charge in [-0.2, -0.15) is 0 Å². The van der Waals surface area contributed by atoms with E-state index < -0.39 is 0 Å². The van der Waals surface area contributed by atoms with E-state index in [1.165, 1.54) is 11.3 Å². The van der Waals surface area contributed by atoms with E-state index in [1.807, 2.05) is 43.4 Å². The molecule has 1 atom stereocenters. The van der Waals surface area contributed by atoms with Crippen LogP contribution in [0.3, 0.4) is 0 Å². The minimum atomic E-state index is -0.235. The third-order valence-corrected chi connectivity index (χ3v) is 6.39. The number of nitrogens with one attached hydrogen (secondary N) is 1. The first-order chi connectivity index (χ1) is 15.1. The number of morpholine rings is 1. The predicted molar refractivity (Wildman–Crippen MR) is 122 cm³/mol. The van der Waals surface area contributed by atoms with Crippen molar-refractivity contribution in [2.75, 3.05) is 51.8 Å². The third kappa shape index (κ3) is 4.69. The molecule has 1 saturated heterocycles. The molecule has 31 heavy (non-hydrogen) atoms. The Hall–Kier alpha value is -2.59. The molecule has 3 aromatic heterocycles. The van der Waals surface area contributed by atoms with E-state index in [0.717, 1.165) is 40.3 Å². The maximum atomic E-state index is 12.8. The van der Waals surface area contributed by atoms with Gasteiger partial charge in [0.1, 0.15) is 15.5 Å². The normalized spacial score (nSPS) is 17.1. The summed E-state index contributed by atoms with van der Waals surface area (Å²) < 4.78 is 6.15. The minimum Gasteiger partial charge on any atom is -0.395 e. The number of anilines is 1. The number of aromatic nitrogens is 2. The molecular weight excluding hydrogens is 414 g/mol. The SMILES string of the molecule is CN(C)c1ncccc1CN1CCO[C@H](c2c(C(=O)NCCO)sc3ncccc23)C1. The van der Waals surface area contributed by atoms with E-state index in [4.69, 9.17) is 9.84 Å². The monoisotopic (exact) mass is 441 g/mol. The van der Waals surface area contributed by atoms with Crippen LogP contribution in [0.4, 0.5) is 5.82 Å². The minimum absolute atomic E-state index is 0.1000. The first-order valence-electron chi connectivity index (χ1n) is 10.3. The lowest BCUT2D eigenvalue weighted by Crippen LogP contribution is -2.38. The molecule has 0 aromatic carbocycles. The molecule has 3 aromatic rings. The number of hydrogen-bond donors (Lipinski definition) is 2. The van der Waals surface area contributed by atoms with Crippen molar-refractivity contribution in [2.24, 2.45) is 0 Å². The number of pyridine rings is 2. The van der Waals surface area contributed by atoms with Gasteiger partial charge in [0.05, 0.1) is 19.3 Å². The second-order valence-electron chi connectivity index (χ2n) is 7.66. The van der Waals surface area contributed by atoms with Gasteiger partial charge in [-0.05, 0) is 12.1 Å². The summed E-state index contributed by atoms with van der Waals surface area (Å²) in [5.41, 5.74) is 2.04. The Labute approximate surface area is 185 Å². The number of nitrogens with zero attached hydrogens (tertiary/aromatic N) is 4. The Bertz CT molecular complexity index is 1050. The van der Waals surface area contributed by atoms with Gasteiger partial charge in [0, 0.05) is 69.2 Å². The molecular formula is C22H27N5O3S. The molecule has 8 nitrogen and oxygen atoms in total. The van der Waals surface area contributed by atoms with Crippen LogP contribution in [0.15, 0.2) is 36.7 Å². The summed E-state index contributed by atoms with van der Waals surface area (Å²) in [6.07, 6.45) is 3.31. The molecule has 4 rings (SSSR count). The molecule has 0 spiro atoms. The van der Waals surface area contributed by atoms with Crippen LogP contribution < -0.4 is 10.2 Å². The molecule has 0 aliphatic carbocycles. The van der Waals surface area contributed by atoms with Crippen LogP contribution in [0.5, 0.6) is 0 Å². The van der Waals surface area contributed by atoms with Crippen LogP contribution in [0.2, 0.25) is 0 Å². The predicted octanol–water partition coefficient (Wildman–Crippen LogP) is 2.05. The van der Waals surface area contributed by atoms with Crippen molar-refractivity contribution in [1.29, 1.82) is 0 Å². The fourth-order valence-corrected chi connectivity index (χ4v) is 5.02. The molecule has 0 radical (unpaired) electrons. The Kier molecular flexibility index (Phi) is 6.77. The highest BCUT2D eigenvalue weighted by Gasteiger charge is 2.30. The molecule has 1 aliphatic heterocycles. The van der Waals surface area contributed by atoms with E-state index in [-0.39, 0.29) is 25.2 Å². The summed E-state index contributed by atoms with van der Waals surface area (Å²) in [7, 11) is 3.99. The van der Waals surface area contributed by atoms with Crippen molar-refractivity contribution in [2.45, 2.75) is 12.6 Å². The lowest BCUT2D eigenvalue weighted by molar-refractivity contribution is -0.0323. The van der Waals surface area contributed by atoms with Crippen LogP contribution in [-0.4, -0.2) is 72.8 Å².